The molecule has 0 saturated heterocycles. The second-order valence-electron chi connectivity index (χ2n) is 7.09. The largest absolute Gasteiger partial charge is 0.325 e. The highest BCUT2D eigenvalue weighted by Gasteiger charge is 2.18. The summed E-state index contributed by atoms with van der Waals surface area (Å²) in [5, 5.41) is 8.63. The van der Waals surface area contributed by atoms with Crippen molar-refractivity contribution < 1.29 is 9.59 Å². The molecule has 3 aromatic carbocycles. The first-order valence-corrected chi connectivity index (χ1v) is 10.2. The Kier molecular flexibility index (Phi) is 6.53. The number of nitrogens with zero attached hydrogens (tertiary/aromatic N) is 1. The Morgan fingerprint density at radius 1 is 0.656 bits per heavy atom. The molecule has 0 aliphatic rings. The third-order valence-corrected chi connectivity index (χ3v) is 4.83. The minimum absolute atomic E-state index is 0.216. The van der Waals surface area contributed by atoms with Crippen molar-refractivity contribution in [3.8, 4) is 0 Å². The van der Waals surface area contributed by atoms with E-state index >= 15 is 0 Å². The van der Waals surface area contributed by atoms with E-state index in [0.29, 0.717) is 11.3 Å². The summed E-state index contributed by atoms with van der Waals surface area (Å²) < 4.78 is 0. The fourth-order valence-corrected chi connectivity index (χ4v) is 3.25. The maximum absolute atomic E-state index is 12.7. The highest BCUT2D eigenvalue weighted by atomic mass is 16.2. The van der Waals surface area contributed by atoms with Gasteiger partial charge in [0.15, 0.2) is 0 Å². The summed E-state index contributed by atoms with van der Waals surface area (Å²) in [5.74, 6) is -0.216. The average molecular weight is 422 g/mol. The fourth-order valence-electron chi connectivity index (χ4n) is 3.25. The van der Waals surface area contributed by atoms with Crippen LogP contribution < -0.4 is 16.0 Å². The number of anilines is 2. The van der Waals surface area contributed by atoms with Crippen molar-refractivity contribution >= 4 is 23.3 Å². The second-order valence-corrected chi connectivity index (χ2v) is 7.09. The summed E-state index contributed by atoms with van der Waals surface area (Å²) >= 11 is 0. The van der Waals surface area contributed by atoms with Gasteiger partial charge < -0.3 is 16.0 Å². The molecule has 1 aromatic heterocycles. The normalized spacial score (nSPS) is 11.2. The van der Waals surface area contributed by atoms with Crippen molar-refractivity contribution in [2.45, 2.75) is 6.04 Å². The minimum Gasteiger partial charge on any atom is -0.325 e. The second kappa shape index (κ2) is 10.0. The molecule has 0 radical (unpaired) electrons. The lowest BCUT2D eigenvalue weighted by atomic mass is 10.0. The van der Waals surface area contributed by atoms with Gasteiger partial charge in [0.2, 0.25) is 0 Å². The van der Waals surface area contributed by atoms with Crippen molar-refractivity contribution in [3.05, 3.63) is 126 Å². The summed E-state index contributed by atoms with van der Waals surface area (Å²) in [6.45, 7) is 0. The fraction of sp³-hybridized carbons (Fsp3) is 0.0385. The van der Waals surface area contributed by atoms with Gasteiger partial charge in [-0.05, 0) is 54.1 Å². The standard InChI is InChI=1S/C26H22N4O2/c31-25(28-21-11-5-2-6-12-21)20-14-16-22(17-15-20)29-26(32)30-24(19-9-3-1-4-10-19)23-13-7-8-18-27-23/h1-18,24H,(H,28,31)(H2,29,30,32). The van der Waals surface area contributed by atoms with Crippen molar-refractivity contribution in [1.82, 2.24) is 10.3 Å². The maximum atomic E-state index is 12.7. The average Bonchev–Trinajstić information content (AvgIpc) is 2.85. The van der Waals surface area contributed by atoms with Gasteiger partial charge in [0.1, 0.15) is 0 Å². The van der Waals surface area contributed by atoms with Crippen molar-refractivity contribution in [3.63, 3.8) is 0 Å². The molecular formula is C26H22N4O2. The predicted octanol–water partition coefficient (Wildman–Crippen LogP) is 5.25. The van der Waals surface area contributed by atoms with Gasteiger partial charge in [-0.2, -0.15) is 0 Å². The number of amides is 3. The third-order valence-electron chi connectivity index (χ3n) is 4.83. The van der Waals surface area contributed by atoms with E-state index in [1.54, 1.807) is 30.5 Å². The molecule has 6 heteroatoms. The van der Waals surface area contributed by atoms with Crippen LogP contribution in [-0.4, -0.2) is 16.9 Å². The number of para-hydroxylation sites is 1. The summed E-state index contributed by atoms with van der Waals surface area (Å²) in [7, 11) is 0. The van der Waals surface area contributed by atoms with E-state index in [1.165, 1.54) is 0 Å². The predicted molar refractivity (Wildman–Crippen MR) is 126 cm³/mol. The third kappa shape index (κ3) is 5.37. The van der Waals surface area contributed by atoms with E-state index in [1.807, 2.05) is 78.9 Å². The van der Waals surface area contributed by atoms with Crippen LogP contribution in [0.4, 0.5) is 16.2 Å². The van der Waals surface area contributed by atoms with Crippen LogP contribution >= 0.6 is 0 Å². The maximum Gasteiger partial charge on any atom is 0.320 e. The molecule has 3 amide bonds. The molecule has 0 aliphatic carbocycles. The van der Waals surface area contributed by atoms with E-state index in [9.17, 15) is 9.59 Å². The molecule has 0 fully saturated rings. The lowest BCUT2D eigenvalue weighted by molar-refractivity contribution is 0.102. The lowest BCUT2D eigenvalue weighted by Crippen LogP contribution is -2.33. The Hall–Kier alpha value is -4.45. The molecular weight excluding hydrogens is 400 g/mol. The number of aromatic nitrogens is 1. The summed E-state index contributed by atoms with van der Waals surface area (Å²) in [4.78, 5) is 29.5. The molecule has 4 rings (SSSR count). The van der Waals surface area contributed by atoms with Gasteiger partial charge >= 0.3 is 6.03 Å². The van der Waals surface area contributed by atoms with Gasteiger partial charge in [-0.3, -0.25) is 9.78 Å². The Balaban J connectivity index is 1.42. The van der Waals surface area contributed by atoms with Crippen LogP contribution in [0.1, 0.15) is 27.7 Å². The zero-order chi connectivity index (χ0) is 22.2. The number of rotatable bonds is 6. The van der Waals surface area contributed by atoms with Crippen molar-refractivity contribution in [2.24, 2.45) is 0 Å². The smallest absolute Gasteiger partial charge is 0.320 e. The highest BCUT2D eigenvalue weighted by Crippen LogP contribution is 2.20. The Morgan fingerprint density at radius 3 is 1.94 bits per heavy atom. The van der Waals surface area contributed by atoms with Crippen LogP contribution in [0.2, 0.25) is 0 Å². The van der Waals surface area contributed by atoms with Crippen LogP contribution in [0.3, 0.4) is 0 Å². The first kappa shape index (κ1) is 20.8. The highest BCUT2D eigenvalue weighted by molar-refractivity contribution is 6.04. The number of urea groups is 1. The molecule has 158 valence electrons. The molecule has 1 heterocycles. The number of hydrogen-bond donors (Lipinski definition) is 3. The number of hydrogen-bond acceptors (Lipinski definition) is 3. The van der Waals surface area contributed by atoms with Gasteiger partial charge in [-0.25, -0.2) is 4.79 Å². The first-order chi connectivity index (χ1) is 15.7. The summed E-state index contributed by atoms with van der Waals surface area (Å²) in [6.07, 6.45) is 1.70. The zero-order valence-electron chi connectivity index (χ0n) is 17.2. The lowest BCUT2D eigenvalue weighted by Gasteiger charge is -2.19. The van der Waals surface area contributed by atoms with Crippen LogP contribution in [0, 0.1) is 0 Å². The number of nitrogens with one attached hydrogen (secondary N) is 3. The van der Waals surface area contributed by atoms with E-state index in [2.05, 4.69) is 20.9 Å². The zero-order valence-corrected chi connectivity index (χ0v) is 17.2. The number of carbonyl (C=O) groups is 2. The molecule has 1 unspecified atom stereocenters. The molecule has 0 spiro atoms. The van der Waals surface area contributed by atoms with Gasteiger partial charge in [-0.15, -0.1) is 0 Å². The number of carbonyl (C=O) groups excluding carboxylic acids is 2. The molecule has 6 nitrogen and oxygen atoms in total. The van der Waals surface area contributed by atoms with Crippen LogP contribution in [0.5, 0.6) is 0 Å². The van der Waals surface area contributed by atoms with E-state index in [0.717, 1.165) is 16.9 Å². The monoisotopic (exact) mass is 422 g/mol. The molecule has 0 aliphatic heterocycles. The van der Waals surface area contributed by atoms with Crippen molar-refractivity contribution in [2.75, 3.05) is 10.6 Å². The molecule has 1 atom stereocenters. The summed E-state index contributed by atoms with van der Waals surface area (Å²) in [5.41, 5.74) is 3.46. The van der Waals surface area contributed by atoms with Crippen LogP contribution in [0.25, 0.3) is 0 Å². The SMILES string of the molecule is O=C(Nc1ccc(C(=O)Nc2ccccc2)cc1)NC(c1ccccc1)c1ccccn1. The Labute approximate surface area is 186 Å². The van der Waals surface area contributed by atoms with Gasteiger partial charge in [0.25, 0.3) is 5.91 Å². The number of pyridine rings is 1. The van der Waals surface area contributed by atoms with Gasteiger partial charge in [-0.1, -0.05) is 54.6 Å². The van der Waals surface area contributed by atoms with Gasteiger partial charge in [0, 0.05) is 23.1 Å². The topological polar surface area (TPSA) is 83.1 Å². The Morgan fingerprint density at radius 2 is 1.28 bits per heavy atom. The summed E-state index contributed by atoms with van der Waals surface area (Å²) in [6, 6.07) is 30.4. The van der Waals surface area contributed by atoms with E-state index in [-0.39, 0.29) is 11.9 Å². The quantitative estimate of drug-likeness (QED) is 0.397. The van der Waals surface area contributed by atoms with Crippen molar-refractivity contribution in [1.29, 1.82) is 0 Å². The first-order valence-electron chi connectivity index (χ1n) is 10.2. The molecule has 0 bridgehead atoms. The van der Waals surface area contributed by atoms with E-state index in [4.69, 9.17) is 0 Å². The Bertz CT molecular complexity index is 1130. The minimum atomic E-state index is -0.395. The molecule has 3 N–H and O–H groups in total. The van der Waals surface area contributed by atoms with Crippen LogP contribution in [-0.2, 0) is 0 Å². The van der Waals surface area contributed by atoms with Gasteiger partial charge in [0.05, 0.1) is 11.7 Å². The van der Waals surface area contributed by atoms with Crippen LogP contribution in [0.15, 0.2) is 109 Å². The molecule has 4 aromatic rings. The number of benzene rings is 3. The molecule has 0 saturated carbocycles. The van der Waals surface area contributed by atoms with E-state index < -0.39 is 6.04 Å². The molecule has 32 heavy (non-hydrogen) atoms.